The Morgan fingerprint density at radius 2 is 1.72 bits per heavy atom. The zero-order valence-corrected chi connectivity index (χ0v) is 17.4. The van der Waals surface area contributed by atoms with Crippen LogP contribution < -0.4 is 11.2 Å². The first-order valence-electron chi connectivity index (χ1n) is 7.22. The third-order valence-corrected chi connectivity index (χ3v) is 7.74. The minimum Gasteiger partial charge on any atom is -0.387 e. The molecule has 29 heavy (non-hydrogen) atoms. The number of nitrogens with zero attached hydrogens (tertiary/aromatic N) is 1. The second-order valence-electron chi connectivity index (χ2n) is 5.45. The predicted octanol–water partition coefficient (Wildman–Crippen LogP) is -1.56. The van der Waals surface area contributed by atoms with Crippen molar-refractivity contribution in [3.05, 3.63) is 33.1 Å². The number of H-pyrrole nitrogens is 1. The Balaban J connectivity index is 2.06. The Bertz CT molecular complexity index is 1000. The van der Waals surface area contributed by atoms with E-state index in [1.54, 1.807) is 0 Å². The van der Waals surface area contributed by atoms with E-state index >= 15 is 0 Å². The molecule has 16 nitrogen and oxygen atoms in total. The van der Waals surface area contributed by atoms with E-state index in [2.05, 4.69) is 25.4 Å². The standard InChI is InChI=1S/C9H15N2O14P3S/c12-5-1-2-11(9(15)10-5)8-7(14)6(13)4(23-8)3-22-26(16,17)24-27(18,19)25-28(20,21)29/h1-2,4,6-8,13-14H,3H2,(H,16,17)(H,18,19)(H,10,12,15)(H2,20,21,29)/t4-,6-,7-,8-/m1/s1. The Morgan fingerprint density at radius 1 is 1.10 bits per heavy atom. The van der Waals surface area contributed by atoms with E-state index in [0.29, 0.717) is 0 Å². The summed E-state index contributed by atoms with van der Waals surface area (Å²) in [5.41, 5.74) is -1.72. The Labute approximate surface area is 165 Å². The average Bonchev–Trinajstić information content (AvgIpc) is 2.78. The van der Waals surface area contributed by atoms with E-state index in [-0.39, 0.29) is 0 Å². The summed E-state index contributed by atoms with van der Waals surface area (Å²) in [6.07, 6.45) is -5.58. The maximum Gasteiger partial charge on any atom is 0.488 e. The zero-order chi connectivity index (χ0) is 22.2. The number of phosphoric ester groups is 1. The number of aromatic amines is 1. The van der Waals surface area contributed by atoms with Crippen molar-refractivity contribution in [3.8, 4) is 0 Å². The first-order valence-corrected chi connectivity index (χ1v) is 12.9. The number of aromatic nitrogens is 2. The fourth-order valence-corrected chi connectivity index (χ4v) is 6.06. The lowest BCUT2D eigenvalue weighted by Crippen LogP contribution is -2.37. The van der Waals surface area contributed by atoms with Crippen LogP contribution in [-0.2, 0) is 31.6 Å². The molecule has 6 N–H and O–H groups in total. The summed E-state index contributed by atoms with van der Waals surface area (Å²) in [5.74, 6) is 0. The highest BCUT2D eigenvalue weighted by atomic mass is 32.7. The number of phosphoric acid groups is 2. The number of ether oxygens (including phenoxy) is 1. The van der Waals surface area contributed by atoms with Gasteiger partial charge >= 0.3 is 28.1 Å². The summed E-state index contributed by atoms with van der Waals surface area (Å²) in [4.78, 5) is 52.0. The molecule has 0 aliphatic carbocycles. The molecule has 0 spiro atoms. The third kappa shape index (κ3) is 6.94. The molecule has 1 fully saturated rings. The van der Waals surface area contributed by atoms with Crippen LogP contribution in [0.1, 0.15) is 6.23 Å². The second-order valence-corrected chi connectivity index (χ2v) is 11.4. The average molecular weight is 500 g/mol. The highest BCUT2D eigenvalue weighted by Crippen LogP contribution is 2.68. The molecule has 166 valence electrons. The van der Waals surface area contributed by atoms with Crippen molar-refractivity contribution in [2.45, 2.75) is 24.5 Å². The molecule has 1 saturated heterocycles. The summed E-state index contributed by atoms with van der Waals surface area (Å²) in [6, 6.07) is 0.934. The number of thiol groups is 1. The van der Waals surface area contributed by atoms with Gasteiger partial charge < -0.3 is 29.6 Å². The Hall–Kier alpha value is -0.640. The van der Waals surface area contributed by atoms with Gasteiger partial charge in [-0.3, -0.25) is 18.9 Å². The van der Waals surface area contributed by atoms with Crippen LogP contribution in [0.3, 0.4) is 0 Å². The number of hydrogen-bond acceptors (Lipinski definition) is 11. The monoisotopic (exact) mass is 500 g/mol. The molecular weight excluding hydrogens is 485 g/mol. The van der Waals surface area contributed by atoms with Crippen LogP contribution in [0.5, 0.6) is 0 Å². The lowest BCUT2D eigenvalue weighted by atomic mass is 10.1. The highest BCUT2D eigenvalue weighted by Gasteiger charge is 2.46. The first kappa shape index (κ1) is 24.6. The molecule has 0 saturated carbocycles. The number of nitrogens with one attached hydrogen (secondary N) is 1. The van der Waals surface area contributed by atoms with Crippen molar-refractivity contribution in [2.24, 2.45) is 0 Å². The minimum atomic E-state index is -5.55. The molecule has 20 heteroatoms. The van der Waals surface area contributed by atoms with Gasteiger partial charge in [-0.2, -0.15) is 8.62 Å². The SMILES string of the molecule is O=c1ccn([C@@H]2O[C@H](COP(=O)(O)OP(=O)(O)OP(=O)(O)S)[C@@H](O)[C@H]2O)c(=O)[nH]1. The van der Waals surface area contributed by atoms with Crippen molar-refractivity contribution in [1.29, 1.82) is 0 Å². The summed E-state index contributed by atoms with van der Waals surface area (Å²) in [7, 11) is -11.0. The number of hydrogen-bond donors (Lipinski definition) is 7. The van der Waals surface area contributed by atoms with Crippen molar-refractivity contribution < 1.29 is 56.5 Å². The van der Waals surface area contributed by atoms with Gasteiger partial charge in [0.25, 0.3) is 5.56 Å². The third-order valence-electron chi connectivity index (χ3n) is 3.28. The van der Waals surface area contributed by atoms with E-state index in [1.165, 1.54) is 0 Å². The summed E-state index contributed by atoms with van der Waals surface area (Å²) < 4.78 is 51.6. The van der Waals surface area contributed by atoms with Crippen LogP contribution in [-0.4, -0.2) is 59.4 Å². The fourth-order valence-electron chi connectivity index (χ4n) is 2.20. The molecule has 1 aromatic heterocycles. The Morgan fingerprint density at radius 3 is 2.28 bits per heavy atom. The summed E-state index contributed by atoms with van der Waals surface area (Å²) in [6.45, 7) is -5.87. The predicted molar refractivity (Wildman–Crippen MR) is 93.8 cm³/mol. The molecule has 1 aliphatic rings. The number of aliphatic hydroxyl groups is 2. The first-order chi connectivity index (χ1) is 13.1. The topological polar surface area (TPSA) is 244 Å². The van der Waals surface area contributed by atoms with Gasteiger partial charge in [-0.25, -0.2) is 18.5 Å². The lowest BCUT2D eigenvalue weighted by molar-refractivity contribution is -0.0542. The maximum atomic E-state index is 11.8. The molecule has 0 radical (unpaired) electrons. The molecule has 7 atom stereocenters. The molecule has 1 aromatic rings. The Kier molecular flexibility index (Phi) is 7.51. The van der Waals surface area contributed by atoms with Gasteiger partial charge in [0.2, 0.25) is 0 Å². The van der Waals surface area contributed by atoms with Crippen LogP contribution >= 0.6 is 34.7 Å². The van der Waals surface area contributed by atoms with Crippen LogP contribution in [0.25, 0.3) is 0 Å². The second kappa shape index (κ2) is 8.85. The smallest absolute Gasteiger partial charge is 0.387 e. The van der Waals surface area contributed by atoms with Crippen LogP contribution in [0, 0.1) is 0 Å². The van der Waals surface area contributed by atoms with Gasteiger partial charge in [-0.15, -0.1) is 0 Å². The van der Waals surface area contributed by atoms with Crippen molar-refractivity contribution >= 4 is 34.7 Å². The van der Waals surface area contributed by atoms with E-state index in [9.17, 15) is 38.4 Å². The molecule has 1 aliphatic heterocycles. The molecule has 0 aromatic carbocycles. The minimum absolute atomic E-state index is 0.728. The normalized spacial score (nSPS) is 31.0. The van der Waals surface area contributed by atoms with Gasteiger partial charge in [-0.1, -0.05) is 12.2 Å². The van der Waals surface area contributed by atoms with E-state index in [1.807, 2.05) is 4.98 Å². The molecular formula is C9H15N2O14P3S. The van der Waals surface area contributed by atoms with E-state index in [4.69, 9.17) is 14.5 Å². The number of aliphatic hydroxyl groups excluding tert-OH is 2. The maximum absolute atomic E-state index is 11.8. The van der Waals surface area contributed by atoms with Gasteiger partial charge in [0.1, 0.15) is 18.3 Å². The molecule has 0 bridgehead atoms. The van der Waals surface area contributed by atoms with Gasteiger partial charge in [0.15, 0.2) is 6.23 Å². The molecule has 3 unspecified atom stereocenters. The van der Waals surface area contributed by atoms with E-state index < -0.39 is 64.8 Å². The van der Waals surface area contributed by atoms with Crippen molar-refractivity contribution in [1.82, 2.24) is 9.55 Å². The summed E-state index contributed by atoms with van der Waals surface area (Å²) >= 11 is 2.94. The van der Waals surface area contributed by atoms with Crippen LogP contribution in [0.4, 0.5) is 0 Å². The van der Waals surface area contributed by atoms with E-state index in [0.717, 1.165) is 16.8 Å². The largest absolute Gasteiger partial charge is 0.488 e. The zero-order valence-electron chi connectivity index (χ0n) is 13.8. The molecule has 0 amide bonds. The summed E-state index contributed by atoms with van der Waals surface area (Å²) in [5, 5.41) is 20.0. The number of rotatable bonds is 8. The molecule has 2 rings (SSSR count). The van der Waals surface area contributed by atoms with Crippen LogP contribution in [0.2, 0.25) is 0 Å². The van der Waals surface area contributed by atoms with Gasteiger partial charge in [0, 0.05) is 12.3 Å². The highest BCUT2D eigenvalue weighted by molar-refractivity contribution is 8.44. The molecule has 2 heterocycles. The fraction of sp³-hybridized carbons (Fsp3) is 0.556. The quantitative estimate of drug-likeness (QED) is 0.158. The van der Waals surface area contributed by atoms with Crippen molar-refractivity contribution in [3.63, 3.8) is 0 Å². The lowest BCUT2D eigenvalue weighted by Gasteiger charge is -2.19. The van der Waals surface area contributed by atoms with Gasteiger partial charge in [0.05, 0.1) is 6.61 Å². The van der Waals surface area contributed by atoms with Crippen LogP contribution in [0.15, 0.2) is 21.9 Å². The van der Waals surface area contributed by atoms with Gasteiger partial charge in [-0.05, 0) is 0 Å². The van der Waals surface area contributed by atoms with Crippen molar-refractivity contribution in [2.75, 3.05) is 6.61 Å².